The number of halogens is 5. The first-order chi connectivity index (χ1) is 8.86. The topological polar surface area (TPSA) is 110 Å². The van der Waals surface area contributed by atoms with E-state index in [1.54, 1.807) is 0 Å². The SMILES string of the molecule is O=P([O-])(O)OP(O)(O)=[S+]c1c(F)c(F)c(F)c(F)c1F. The van der Waals surface area contributed by atoms with Gasteiger partial charge in [-0.05, 0) is 0 Å². The van der Waals surface area contributed by atoms with Crippen LogP contribution in [0, 0.1) is 29.1 Å². The maximum Gasteiger partial charge on any atom is 0.531 e. The van der Waals surface area contributed by atoms with Crippen molar-refractivity contribution < 1.29 is 50.4 Å². The summed E-state index contributed by atoms with van der Waals surface area (Å²) in [5.74, 6) is -12.1. The summed E-state index contributed by atoms with van der Waals surface area (Å²) in [5, 5.41) is 0. The Morgan fingerprint density at radius 2 is 1.25 bits per heavy atom. The van der Waals surface area contributed by atoms with Crippen LogP contribution in [0.1, 0.15) is 0 Å². The van der Waals surface area contributed by atoms with Crippen molar-refractivity contribution >= 4 is 25.5 Å². The van der Waals surface area contributed by atoms with Crippen LogP contribution in [0.5, 0.6) is 0 Å². The van der Waals surface area contributed by atoms with E-state index in [0.717, 1.165) is 0 Å². The summed E-state index contributed by atoms with van der Waals surface area (Å²) in [5.41, 5.74) is 0. The zero-order valence-electron chi connectivity index (χ0n) is 8.76. The zero-order valence-corrected chi connectivity index (χ0v) is 11.4. The van der Waals surface area contributed by atoms with Crippen molar-refractivity contribution in [2.24, 2.45) is 0 Å². The lowest BCUT2D eigenvalue weighted by atomic mass is 10.3. The highest BCUT2D eigenvalue weighted by Crippen LogP contribution is 2.54. The van der Waals surface area contributed by atoms with Gasteiger partial charge in [-0.3, -0.25) is 14.4 Å². The molecule has 1 rings (SSSR count). The van der Waals surface area contributed by atoms with Gasteiger partial charge in [-0.15, -0.1) is 0 Å². The predicted octanol–water partition coefficient (Wildman–Crippen LogP) is 0.963. The van der Waals surface area contributed by atoms with Gasteiger partial charge in [0.15, 0.2) is 0 Å². The molecule has 6 nitrogen and oxygen atoms in total. The molecule has 0 amide bonds. The molecular weight excluding hydrogens is 357 g/mol. The van der Waals surface area contributed by atoms with Gasteiger partial charge in [-0.25, -0.2) is 17.5 Å². The Morgan fingerprint density at radius 3 is 1.60 bits per heavy atom. The highest BCUT2D eigenvalue weighted by atomic mass is 32.5. The Bertz CT molecular complexity index is 625. The highest BCUT2D eigenvalue weighted by molar-refractivity contribution is 8.17. The monoisotopic (exact) mass is 360 g/mol. The summed E-state index contributed by atoms with van der Waals surface area (Å²) in [6.45, 7) is -5.24. The van der Waals surface area contributed by atoms with Crippen LogP contribution in [-0.4, -0.2) is 14.7 Å². The molecule has 0 aliphatic carbocycles. The van der Waals surface area contributed by atoms with E-state index in [-0.39, 0.29) is 0 Å². The van der Waals surface area contributed by atoms with Crippen molar-refractivity contribution in [1.82, 2.24) is 0 Å². The third-order valence-corrected chi connectivity index (χ3v) is 5.91. The van der Waals surface area contributed by atoms with Crippen LogP contribution in [0.4, 0.5) is 22.0 Å². The number of rotatable bonds is 3. The number of hydrogen-bond donors (Lipinski definition) is 3. The van der Waals surface area contributed by atoms with Crippen LogP contribution in [0.3, 0.4) is 0 Å². The fourth-order valence-corrected chi connectivity index (χ4v) is 4.97. The molecule has 114 valence electrons. The van der Waals surface area contributed by atoms with Crippen molar-refractivity contribution in [3.8, 4) is 0 Å². The van der Waals surface area contributed by atoms with Crippen molar-refractivity contribution in [3.63, 3.8) is 0 Å². The molecule has 0 heterocycles. The predicted molar refractivity (Wildman–Crippen MR) is 54.1 cm³/mol. The van der Waals surface area contributed by atoms with Gasteiger partial charge < -0.3 is 9.79 Å². The van der Waals surface area contributed by atoms with Gasteiger partial charge in [0.05, 0.1) is 0 Å². The summed E-state index contributed by atoms with van der Waals surface area (Å²) >= 11 is 0. The molecule has 0 saturated carbocycles. The Labute approximate surface area is 110 Å². The molecule has 0 radical (unpaired) electrons. The summed E-state index contributed by atoms with van der Waals surface area (Å²) in [6.07, 6.45) is 0. The molecule has 0 aliphatic rings. The molecule has 0 aromatic heterocycles. The van der Waals surface area contributed by atoms with Gasteiger partial charge in [0.1, 0.15) is 0 Å². The van der Waals surface area contributed by atoms with E-state index >= 15 is 0 Å². The smallest absolute Gasteiger partial charge is 0.531 e. The van der Waals surface area contributed by atoms with Crippen LogP contribution in [-0.2, 0) is 19.8 Å². The van der Waals surface area contributed by atoms with E-state index in [9.17, 15) is 31.4 Å². The van der Waals surface area contributed by atoms with Gasteiger partial charge in [0, 0.05) is 0 Å². The van der Waals surface area contributed by atoms with E-state index in [1.807, 2.05) is 0 Å². The third-order valence-electron chi connectivity index (χ3n) is 1.59. The second kappa shape index (κ2) is 5.74. The largest absolute Gasteiger partial charge is 0.756 e. The van der Waals surface area contributed by atoms with Crippen molar-refractivity contribution in [2.45, 2.75) is 4.90 Å². The molecule has 20 heavy (non-hydrogen) atoms. The molecular formula is C6H3F5O6P2S. The van der Waals surface area contributed by atoms with Gasteiger partial charge in [-0.2, -0.15) is 8.78 Å². The highest BCUT2D eigenvalue weighted by Gasteiger charge is 2.39. The average Bonchev–Trinajstić information content (AvgIpc) is 2.26. The molecule has 14 heteroatoms. The quantitative estimate of drug-likeness (QED) is 0.244. The van der Waals surface area contributed by atoms with Crippen LogP contribution in [0.25, 0.3) is 0 Å². The van der Waals surface area contributed by atoms with Crippen molar-refractivity contribution in [3.05, 3.63) is 29.1 Å². The second-order valence-corrected chi connectivity index (χ2v) is 8.17. The Morgan fingerprint density at radius 1 is 0.900 bits per heavy atom. The zero-order chi connectivity index (χ0) is 15.9. The minimum atomic E-state index is -5.72. The van der Waals surface area contributed by atoms with Gasteiger partial charge in [0.25, 0.3) is 18.8 Å². The number of hydrogen-bond acceptors (Lipinski definition) is 3. The van der Waals surface area contributed by atoms with Crippen LogP contribution >= 0.6 is 14.5 Å². The summed E-state index contributed by atoms with van der Waals surface area (Å²) in [6, 6.07) is 0. The molecule has 1 aromatic carbocycles. The van der Waals surface area contributed by atoms with Gasteiger partial charge in [-0.1, -0.05) is 0 Å². The van der Waals surface area contributed by atoms with E-state index in [2.05, 4.69) is 4.31 Å². The Hall–Kier alpha value is -0.450. The van der Waals surface area contributed by atoms with Gasteiger partial charge in [0.2, 0.25) is 29.1 Å². The van der Waals surface area contributed by atoms with E-state index < -0.39 is 59.5 Å². The van der Waals surface area contributed by atoms with E-state index in [0.29, 0.717) is 0 Å². The minimum Gasteiger partial charge on any atom is -0.756 e. The maximum atomic E-state index is 13.2. The molecule has 1 atom stereocenters. The Kier molecular flexibility index (Phi) is 5.05. The van der Waals surface area contributed by atoms with E-state index in [4.69, 9.17) is 14.7 Å². The molecule has 0 aliphatic heterocycles. The molecule has 0 bridgehead atoms. The van der Waals surface area contributed by atoms with Crippen molar-refractivity contribution in [2.75, 3.05) is 0 Å². The molecule has 0 spiro atoms. The first-order valence-corrected chi connectivity index (χ1v) is 8.69. The van der Waals surface area contributed by atoms with Crippen LogP contribution < -0.4 is 4.89 Å². The van der Waals surface area contributed by atoms with Crippen LogP contribution in [0.15, 0.2) is 4.90 Å². The van der Waals surface area contributed by atoms with Crippen molar-refractivity contribution in [1.29, 1.82) is 0 Å². The first-order valence-electron chi connectivity index (χ1n) is 4.16. The molecule has 1 unspecified atom stereocenters. The van der Waals surface area contributed by atoms with Crippen LogP contribution in [0.2, 0.25) is 0 Å². The summed E-state index contributed by atoms with van der Waals surface area (Å²) in [4.78, 5) is 34.7. The average molecular weight is 360 g/mol. The second-order valence-electron chi connectivity index (χ2n) is 3.03. The first kappa shape index (κ1) is 17.6. The molecule has 3 N–H and O–H groups in total. The molecule has 0 fully saturated rings. The van der Waals surface area contributed by atoms with E-state index in [1.165, 1.54) is 0 Å². The lowest BCUT2D eigenvalue weighted by Gasteiger charge is -2.13. The van der Waals surface area contributed by atoms with Gasteiger partial charge >= 0.3 is 11.6 Å². The fraction of sp³-hybridized carbons (Fsp3) is 0. The fourth-order valence-electron chi connectivity index (χ4n) is 0.935. The summed E-state index contributed by atoms with van der Waals surface area (Å²) < 4.78 is 78.1. The lowest BCUT2D eigenvalue weighted by Crippen LogP contribution is -2.06. The standard InChI is InChI=1S/C6H3F5O6P2S/c7-1-2(8)4(10)6(5(11)3(1)9)20-19(15,16)17-18(12,13)14/h(H3-,12,13,14,15,16). The number of benzene rings is 1. The molecule has 0 saturated heterocycles. The Balaban J connectivity index is 3.53. The maximum absolute atomic E-state index is 13.2. The summed E-state index contributed by atoms with van der Waals surface area (Å²) in [7, 11) is -6.58. The number of phosphoric acid groups is 1. The minimum absolute atomic E-state index is 0.866. The molecule has 1 aromatic rings. The third kappa shape index (κ3) is 4.03. The lowest BCUT2D eigenvalue weighted by molar-refractivity contribution is -0.211. The normalized spacial score (nSPS) is 15.1.